The molecule has 150 valence electrons. The maximum atomic E-state index is 12.1. The summed E-state index contributed by atoms with van der Waals surface area (Å²) in [5, 5.41) is 2.63. The van der Waals surface area contributed by atoms with Gasteiger partial charge in [0.25, 0.3) is 5.91 Å². The van der Waals surface area contributed by atoms with E-state index in [2.05, 4.69) is 10.1 Å². The van der Waals surface area contributed by atoms with E-state index in [0.717, 1.165) is 37.1 Å². The van der Waals surface area contributed by atoms with E-state index in [4.69, 9.17) is 4.74 Å². The fourth-order valence-corrected chi connectivity index (χ4v) is 2.87. The highest BCUT2D eigenvalue weighted by molar-refractivity contribution is 7.89. The zero-order valence-electron chi connectivity index (χ0n) is 14.1. The average Bonchev–Trinajstić information content (AvgIpc) is 3.36. The molecule has 0 aromatic heterocycles. The Bertz CT molecular complexity index is 791. The van der Waals surface area contributed by atoms with E-state index < -0.39 is 46.7 Å². The highest BCUT2D eigenvalue weighted by Gasteiger charge is 2.31. The summed E-state index contributed by atoms with van der Waals surface area (Å²) in [7, 11) is -4.17. The number of alkyl halides is 3. The molecule has 1 aliphatic carbocycles. The molecule has 1 saturated carbocycles. The van der Waals surface area contributed by atoms with Gasteiger partial charge in [0, 0.05) is 6.04 Å². The predicted molar refractivity (Wildman–Crippen MR) is 85.0 cm³/mol. The van der Waals surface area contributed by atoms with Gasteiger partial charge in [0.2, 0.25) is 10.0 Å². The number of hydrogen-bond donors (Lipinski definition) is 2. The maximum Gasteiger partial charge on any atom is 0.573 e. The summed E-state index contributed by atoms with van der Waals surface area (Å²) in [6.45, 7) is 0.605. The normalized spacial score (nSPS) is 15.7. The summed E-state index contributed by atoms with van der Waals surface area (Å²) >= 11 is 0. The Morgan fingerprint density at radius 3 is 2.33 bits per heavy atom. The summed E-state index contributed by atoms with van der Waals surface area (Å²) in [5.74, 6) is -2.04. The summed E-state index contributed by atoms with van der Waals surface area (Å²) in [4.78, 5) is 23.0. The lowest BCUT2D eigenvalue weighted by Crippen LogP contribution is -2.39. The van der Waals surface area contributed by atoms with Gasteiger partial charge in [-0.25, -0.2) is 8.42 Å². The topological polar surface area (TPSA) is 111 Å². The van der Waals surface area contributed by atoms with Crippen LogP contribution in [0, 0.1) is 0 Å². The van der Waals surface area contributed by atoms with Crippen molar-refractivity contribution in [2.45, 2.75) is 43.2 Å². The Morgan fingerprint density at radius 2 is 1.81 bits per heavy atom. The van der Waals surface area contributed by atoms with Crippen LogP contribution >= 0.6 is 0 Å². The van der Waals surface area contributed by atoms with Crippen molar-refractivity contribution in [1.82, 2.24) is 10.0 Å². The molecule has 0 bridgehead atoms. The highest BCUT2D eigenvalue weighted by atomic mass is 32.2. The van der Waals surface area contributed by atoms with Crippen molar-refractivity contribution in [1.29, 1.82) is 0 Å². The minimum atomic E-state index is -4.90. The van der Waals surface area contributed by atoms with Crippen LogP contribution in [-0.4, -0.2) is 45.3 Å². The van der Waals surface area contributed by atoms with Crippen LogP contribution in [0.2, 0.25) is 0 Å². The molecule has 2 N–H and O–H groups in total. The lowest BCUT2D eigenvalue weighted by atomic mass is 10.3. The zero-order valence-corrected chi connectivity index (χ0v) is 14.9. The SMILES string of the molecule is C[C@H](OC(=O)CNS(=O)(=O)c1ccc(OC(F)(F)F)cc1)C(=O)NC1CC1. The first-order chi connectivity index (χ1) is 12.5. The van der Waals surface area contributed by atoms with E-state index in [0.29, 0.717) is 0 Å². The largest absolute Gasteiger partial charge is 0.573 e. The first kappa shape index (κ1) is 21.0. The van der Waals surface area contributed by atoms with Gasteiger partial charge in [-0.1, -0.05) is 0 Å². The minimum absolute atomic E-state index is 0.0847. The van der Waals surface area contributed by atoms with E-state index in [-0.39, 0.29) is 10.9 Å². The van der Waals surface area contributed by atoms with Gasteiger partial charge in [0.15, 0.2) is 6.10 Å². The van der Waals surface area contributed by atoms with Crippen LogP contribution in [0.4, 0.5) is 13.2 Å². The average molecular weight is 410 g/mol. The van der Waals surface area contributed by atoms with Crippen molar-refractivity contribution in [3.63, 3.8) is 0 Å². The van der Waals surface area contributed by atoms with Crippen molar-refractivity contribution >= 4 is 21.9 Å². The van der Waals surface area contributed by atoms with E-state index >= 15 is 0 Å². The molecule has 1 aliphatic rings. The van der Waals surface area contributed by atoms with Gasteiger partial charge in [-0.2, -0.15) is 4.72 Å². The Morgan fingerprint density at radius 1 is 1.22 bits per heavy atom. The van der Waals surface area contributed by atoms with Crippen LogP contribution < -0.4 is 14.8 Å². The van der Waals surface area contributed by atoms with Crippen LogP contribution in [0.25, 0.3) is 0 Å². The molecular weight excluding hydrogens is 393 g/mol. The van der Waals surface area contributed by atoms with E-state index in [1.165, 1.54) is 6.92 Å². The Labute approximate surface area is 153 Å². The number of ether oxygens (including phenoxy) is 2. The smallest absolute Gasteiger partial charge is 0.452 e. The van der Waals surface area contributed by atoms with Crippen molar-refractivity contribution in [2.24, 2.45) is 0 Å². The first-order valence-corrected chi connectivity index (χ1v) is 9.30. The molecule has 0 spiro atoms. The van der Waals surface area contributed by atoms with Crippen LogP contribution in [0.1, 0.15) is 19.8 Å². The molecule has 1 atom stereocenters. The molecule has 1 fully saturated rings. The van der Waals surface area contributed by atoms with E-state index in [1.54, 1.807) is 0 Å². The van der Waals surface area contributed by atoms with Gasteiger partial charge in [0.05, 0.1) is 4.90 Å². The quantitative estimate of drug-likeness (QED) is 0.621. The number of nitrogens with one attached hydrogen (secondary N) is 2. The van der Waals surface area contributed by atoms with Gasteiger partial charge >= 0.3 is 12.3 Å². The number of halogens is 3. The molecule has 12 heteroatoms. The Kier molecular flexibility index (Phi) is 6.31. The number of benzene rings is 1. The van der Waals surface area contributed by atoms with Gasteiger partial charge in [-0.05, 0) is 44.0 Å². The van der Waals surface area contributed by atoms with Crippen LogP contribution in [0.3, 0.4) is 0 Å². The Balaban J connectivity index is 1.86. The second kappa shape index (κ2) is 8.13. The van der Waals surface area contributed by atoms with E-state index in [9.17, 15) is 31.2 Å². The minimum Gasteiger partial charge on any atom is -0.452 e. The first-order valence-electron chi connectivity index (χ1n) is 7.81. The number of hydrogen-bond acceptors (Lipinski definition) is 6. The van der Waals surface area contributed by atoms with Crippen molar-refractivity contribution in [3.8, 4) is 5.75 Å². The molecule has 0 unspecified atom stereocenters. The van der Waals surface area contributed by atoms with Gasteiger partial charge in [-0.3, -0.25) is 9.59 Å². The molecule has 1 aromatic carbocycles. The predicted octanol–water partition coefficient (Wildman–Crippen LogP) is 1.07. The Hall–Kier alpha value is -2.34. The zero-order chi connectivity index (χ0) is 20.2. The molecule has 1 amide bonds. The lowest BCUT2D eigenvalue weighted by Gasteiger charge is -2.13. The molecule has 8 nitrogen and oxygen atoms in total. The third-order valence-electron chi connectivity index (χ3n) is 3.38. The van der Waals surface area contributed by atoms with E-state index in [1.807, 2.05) is 4.72 Å². The highest BCUT2D eigenvalue weighted by Crippen LogP contribution is 2.23. The summed E-state index contributed by atoms with van der Waals surface area (Å²) in [6, 6.07) is 3.51. The monoisotopic (exact) mass is 410 g/mol. The number of sulfonamides is 1. The fraction of sp³-hybridized carbons (Fsp3) is 0.467. The molecule has 0 heterocycles. The van der Waals surface area contributed by atoms with Crippen LogP contribution in [0.15, 0.2) is 29.2 Å². The third-order valence-corrected chi connectivity index (χ3v) is 4.79. The van der Waals surface area contributed by atoms with Crippen molar-refractivity contribution in [3.05, 3.63) is 24.3 Å². The molecule has 0 saturated heterocycles. The van der Waals surface area contributed by atoms with Gasteiger partial charge in [-0.15, -0.1) is 13.2 Å². The number of esters is 1. The molecule has 0 aliphatic heterocycles. The molecule has 0 radical (unpaired) electrons. The lowest BCUT2D eigenvalue weighted by molar-refractivity contribution is -0.274. The number of amides is 1. The summed E-state index contributed by atoms with van der Waals surface area (Å²) in [6.07, 6.45) is -4.26. The summed E-state index contributed by atoms with van der Waals surface area (Å²) in [5.41, 5.74) is 0. The third kappa shape index (κ3) is 7.06. The molecule has 2 rings (SSSR count). The standard InChI is InChI=1S/C15H17F3N2O6S/c1-9(14(22)20-10-2-3-10)25-13(21)8-19-27(23,24)12-6-4-11(5-7-12)26-15(16,17)18/h4-7,9-10,19H,2-3,8H2,1H3,(H,20,22)/t9-/m0/s1. The second-order valence-corrected chi connectivity index (χ2v) is 7.53. The molecular formula is C15H17F3N2O6S. The molecule has 27 heavy (non-hydrogen) atoms. The molecule has 1 aromatic rings. The van der Waals surface area contributed by atoms with Gasteiger partial charge < -0.3 is 14.8 Å². The summed E-state index contributed by atoms with van der Waals surface area (Å²) < 4.78 is 70.8. The fourth-order valence-electron chi connectivity index (χ4n) is 1.90. The number of carbonyl (C=O) groups excluding carboxylic acids is 2. The van der Waals surface area contributed by atoms with Crippen molar-refractivity contribution in [2.75, 3.05) is 6.54 Å². The van der Waals surface area contributed by atoms with Crippen LogP contribution in [0.5, 0.6) is 5.75 Å². The maximum absolute atomic E-state index is 12.1. The number of rotatable bonds is 8. The van der Waals surface area contributed by atoms with Crippen LogP contribution in [-0.2, 0) is 24.3 Å². The van der Waals surface area contributed by atoms with Gasteiger partial charge in [0.1, 0.15) is 12.3 Å². The van der Waals surface area contributed by atoms with Crippen molar-refractivity contribution < 1.29 is 40.7 Å². The second-order valence-electron chi connectivity index (χ2n) is 5.76. The number of carbonyl (C=O) groups is 2.